The smallest absolute Gasteiger partial charge is 0.0450 e. The average molecular weight is 305 g/mol. The number of aromatic nitrogens is 1. The second kappa shape index (κ2) is 6.12. The van der Waals surface area contributed by atoms with E-state index >= 15 is 0 Å². The summed E-state index contributed by atoms with van der Waals surface area (Å²) in [6.45, 7) is 2.20. The maximum absolute atomic E-state index is 4.44. The number of hydrogen-bond acceptors (Lipinski definition) is 2. The van der Waals surface area contributed by atoms with Crippen LogP contribution >= 0.6 is 15.9 Å². The summed E-state index contributed by atoms with van der Waals surface area (Å²) in [6, 6.07) is 14.7. The predicted molar refractivity (Wildman–Crippen MR) is 78.6 cm³/mol. The third-order valence-electron chi connectivity index (χ3n) is 3.17. The van der Waals surface area contributed by atoms with Crippen LogP contribution in [0.4, 0.5) is 0 Å². The molecule has 1 aromatic carbocycles. The average Bonchev–Trinajstić information content (AvgIpc) is 2.40. The number of pyridine rings is 1. The summed E-state index contributed by atoms with van der Waals surface area (Å²) in [4.78, 5) is 4.44. The third kappa shape index (κ3) is 2.98. The van der Waals surface area contributed by atoms with Crippen molar-refractivity contribution in [1.29, 1.82) is 0 Å². The molecule has 1 heterocycles. The Balaban J connectivity index is 2.29. The summed E-state index contributed by atoms with van der Waals surface area (Å²) < 4.78 is 1.11. The molecule has 3 heteroatoms. The van der Waals surface area contributed by atoms with Crippen molar-refractivity contribution in [3.05, 3.63) is 64.4 Å². The van der Waals surface area contributed by atoms with Crippen molar-refractivity contribution in [2.45, 2.75) is 18.9 Å². The van der Waals surface area contributed by atoms with Crippen LogP contribution in [0.5, 0.6) is 0 Å². The quantitative estimate of drug-likeness (QED) is 0.926. The van der Waals surface area contributed by atoms with Crippen LogP contribution < -0.4 is 5.32 Å². The minimum Gasteiger partial charge on any atom is -0.312 e. The Kier molecular flexibility index (Phi) is 4.50. The Hall–Kier alpha value is -1.19. The van der Waals surface area contributed by atoms with E-state index in [1.54, 1.807) is 0 Å². The Morgan fingerprint density at radius 2 is 2.00 bits per heavy atom. The van der Waals surface area contributed by atoms with Crippen molar-refractivity contribution in [2.75, 3.05) is 7.05 Å². The first kappa shape index (κ1) is 13.2. The molecule has 2 atom stereocenters. The highest BCUT2D eigenvalue weighted by Gasteiger charge is 2.20. The van der Waals surface area contributed by atoms with Gasteiger partial charge in [-0.05, 0) is 36.9 Å². The highest BCUT2D eigenvalue weighted by molar-refractivity contribution is 9.10. The van der Waals surface area contributed by atoms with Crippen LogP contribution in [-0.2, 0) is 0 Å². The maximum Gasteiger partial charge on any atom is 0.0450 e. The van der Waals surface area contributed by atoms with Gasteiger partial charge in [0.25, 0.3) is 0 Å². The van der Waals surface area contributed by atoms with E-state index in [0.717, 1.165) is 10.2 Å². The van der Waals surface area contributed by atoms with Crippen molar-refractivity contribution in [1.82, 2.24) is 10.3 Å². The first-order chi connectivity index (χ1) is 8.72. The van der Waals surface area contributed by atoms with Crippen LogP contribution in [0.3, 0.4) is 0 Å². The molecule has 0 aliphatic heterocycles. The van der Waals surface area contributed by atoms with Crippen molar-refractivity contribution < 1.29 is 0 Å². The van der Waals surface area contributed by atoms with Crippen LogP contribution in [-0.4, -0.2) is 12.0 Å². The van der Waals surface area contributed by atoms with Crippen molar-refractivity contribution in [3.8, 4) is 0 Å². The van der Waals surface area contributed by atoms with Crippen LogP contribution in [0.1, 0.15) is 30.1 Å². The second-order valence-electron chi connectivity index (χ2n) is 4.36. The zero-order valence-corrected chi connectivity index (χ0v) is 12.2. The van der Waals surface area contributed by atoms with Gasteiger partial charge in [-0.15, -0.1) is 0 Å². The zero-order chi connectivity index (χ0) is 13.0. The fourth-order valence-corrected chi connectivity index (χ4v) is 2.64. The lowest BCUT2D eigenvalue weighted by molar-refractivity contribution is 0.499. The molecular formula is C15H17BrN2. The standard InChI is InChI=1S/C15H17BrN2/c1-11(14-8-3-4-9-18-14)15(17-2)12-6-5-7-13(16)10-12/h3-11,15,17H,1-2H3. The highest BCUT2D eigenvalue weighted by Crippen LogP contribution is 2.30. The highest BCUT2D eigenvalue weighted by atomic mass is 79.9. The van der Waals surface area contributed by atoms with E-state index < -0.39 is 0 Å². The Morgan fingerprint density at radius 1 is 1.17 bits per heavy atom. The molecule has 0 saturated carbocycles. The topological polar surface area (TPSA) is 24.9 Å². The molecule has 18 heavy (non-hydrogen) atoms. The van der Waals surface area contributed by atoms with E-state index in [1.807, 2.05) is 31.4 Å². The lowest BCUT2D eigenvalue weighted by Gasteiger charge is -2.23. The molecule has 0 fully saturated rings. The van der Waals surface area contributed by atoms with Crippen molar-refractivity contribution in [2.24, 2.45) is 0 Å². The molecule has 0 aliphatic rings. The summed E-state index contributed by atoms with van der Waals surface area (Å²) in [5.74, 6) is 0.325. The number of nitrogens with one attached hydrogen (secondary N) is 1. The molecule has 1 aromatic heterocycles. The third-order valence-corrected chi connectivity index (χ3v) is 3.67. The summed E-state index contributed by atoms with van der Waals surface area (Å²) >= 11 is 3.52. The number of halogens is 1. The van der Waals surface area contributed by atoms with E-state index in [1.165, 1.54) is 5.56 Å². The normalized spacial score (nSPS) is 14.2. The van der Waals surface area contributed by atoms with E-state index in [9.17, 15) is 0 Å². The molecule has 2 nitrogen and oxygen atoms in total. The molecule has 0 aliphatic carbocycles. The van der Waals surface area contributed by atoms with Crippen LogP contribution in [0.15, 0.2) is 53.1 Å². The Labute approximate surface area is 117 Å². The lowest BCUT2D eigenvalue weighted by atomic mass is 9.91. The summed E-state index contributed by atoms with van der Waals surface area (Å²) in [5.41, 5.74) is 2.38. The molecule has 1 N–H and O–H groups in total. The fraction of sp³-hybridized carbons (Fsp3) is 0.267. The van der Waals surface area contributed by atoms with E-state index in [0.29, 0.717) is 5.92 Å². The molecule has 2 unspecified atom stereocenters. The van der Waals surface area contributed by atoms with Crippen molar-refractivity contribution >= 4 is 15.9 Å². The zero-order valence-electron chi connectivity index (χ0n) is 10.6. The lowest BCUT2D eigenvalue weighted by Crippen LogP contribution is -2.22. The van der Waals surface area contributed by atoms with E-state index in [-0.39, 0.29) is 6.04 Å². The Morgan fingerprint density at radius 3 is 2.61 bits per heavy atom. The van der Waals surface area contributed by atoms with Gasteiger partial charge in [0, 0.05) is 28.3 Å². The second-order valence-corrected chi connectivity index (χ2v) is 5.28. The Bertz CT molecular complexity index is 499. The molecular weight excluding hydrogens is 288 g/mol. The molecule has 0 bridgehead atoms. The number of nitrogens with zero attached hydrogens (tertiary/aromatic N) is 1. The summed E-state index contributed by atoms with van der Waals surface area (Å²) in [5, 5.41) is 3.38. The predicted octanol–water partition coefficient (Wildman–Crippen LogP) is 3.91. The SMILES string of the molecule is CNC(c1cccc(Br)c1)C(C)c1ccccn1. The van der Waals surface area contributed by atoms with Gasteiger partial charge in [-0.25, -0.2) is 0 Å². The van der Waals surface area contributed by atoms with Gasteiger partial charge in [0.05, 0.1) is 0 Å². The fourth-order valence-electron chi connectivity index (χ4n) is 2.22. The number of likely N-dealkylation sites (N-methyl/N-ethyl adjacent to an activating group) is 1. The minimum absolute atomic E-state index is 0.261. The largest absolute Gasteiger partial charge is 0.312 e. The molecule has 0 saturated heterocycles. The van der Waals surface area contributed by atoms with Gasteiger partial charge in [-0.2, -0.15) is 0 Å². The molecule has 0 amide bonds. The summed E-state index contributed by atoms with van der Waals surface area (Å²) in [7, 11) is 1.99. The summed E-state index contributed by atoms with van der Waals surface area (Å²) in [6.07, 6.45) is 1.85. The molecule has 2 aromatic rings. The minimum atomic E-state index is 0.261. The first-order valence-electron chi connectivity index (χ1n) is 6.06. The van der Waals surface area contributed by atoms with Gasteiger partial charge in [0.1, 0.15) is 0 Å². The molecule has 2 rings (SSSR count). The van der Waals surface area contributed by atoms with E-state index in [2.05, 4.69) is 57.4 Å². The van der Waals surface area contributed by atoms with Gasteiger partial charge < -0.3 is 5.32 Å². The van der Waals surface area contributed by atoms with Gasteiger partial charge in [0.2, 0.25) is 0 Å². The molecule has 94 valence electrons. The van der Waals surface area contributed by atoms with Gasteiger partial charge >= 0.3 is 0 Å². The van der Waals surface area contributed by atoms with Gasteiger partial charge in [0.15, 0.2) is 0 Å². The van der Waals surface area contributed by atoms with Gasteiger partial charge in [-0.1, -0.05) is 41.1 Å². The maximum atomic E-state index is 4.44. The van der Waals surface area contributed by atoms with Crippen molar-refractivity contribution in [3.63, 3.8) is 0 Å². The monoisotopic (exact) mass is 304 g/mol. The van der Waals surface area contributed by atoms with Gasteiger partial charge in [-0.3, -0.25) is 4.98 Å². The van der Waals surface area contributed by atoms with Crippen LogP contribution in [0, 0.1) is 0 Å². The number of benzene rings is 1. The molecule has 0 radical (unpaired) electrons. The van der Waals surface area contributed by atoms with Crippen LogP contribution in [0.25, 0.3) is 0 Å². The van der Waals surface area contributed by atoms with E-state index in [4.69, 9.17) is 0 Å². The number of hydrogen-bond donors (Lipinski definition) is 1. The first-order valence-corrected chi connectivity index (χ1v) is 6.85. The molecule has 0 spiro atoms. The van der Waals surface area contributed by atoms with Crippen LogP contribution in [0.2, 0.25) is 0 Å². The number of rotatable bonds is 4.